The fourth-order valence-corrected chi connectivity index (χ4v) is 0.471. The van der Waals surface area contributed by atoms with Crippen LogP contribution < -0.4 is 0 Å². The largest absolute Gasteiger partial charge is 0.103 e. The molecule has 0 fully saturated rings. The minimum absolute atomic E-state index is 0.917. The van der Waals surface area contributed by atoms with Crippen molar-refractivity contribution in [2.75, 3.05) is 0 Å². The van der Waals surface area contributed by atoms with E-state index in [1.54, 1.807) is 0 Å². The summed E-state index contributed by atoms with van der Waals surface area (Å²) in [4.78, 5) is 0. The lowest BCUT2D eigenvalue weighted by molar-refractivity contribution is 0.772. The van der Waals surface area contributed by atoms with Crippen LogP contribution in [0.4, 0.5) is 0 Å². The number of hydrogen-bond acceptors (Lipinski definition) is 0. The molecule has 0 atom stereocenters. The van der Waals surface area contributed by atoms with E-state index in [0.717, 1.165) is 6.42 Å². The molecule has 0 heteroatoms. The summed E-state index contributed by atoms with van der Waals surface area (Å²) in [6.07, 6.45) is 8.62. The molecular formula is C10H20. The van der Waals surface area contributed by atoms with Crippen LogP contribution in [0.5, 0.6) is 0 Å². The topological polar surface area (TPSA) is 0 Å². The van der Waals surface area contributed by atoms with Gasteiger partial charge >= 0.3 is 0 Å². The monoisotopic (exact) mass is 140 g/mol. The minimum Gasteiger partial charge on any atom is -0.103 e. The minimum atomic E-state index is 0.917. The molecule has 0 aliphatic rings. The van der Waals surface area contributed by atoms with Gasteiger partial charge in [0.2, 0.25) is 0 Å². The Morgan fingerprint density at radius 1 is 1.00 bits per heavy atom. The second-order valence-corrected chi connectivity index (χ2v) is 2.17. The van der Waals surface area contributed by atoms with Crippen LogP contribution in [0.15, 0.2) is 25.3 Å². The Kier molecular flexibility index (Phi) is 19.3. The molecule has 0 N–H and O–H groups in total. The molecule has 10 heavy (non-hydrogen) atoms. The Morgan fingerprint density at radius 2 is 1.40 bits per heavy atom. The molecule has 0 bridgehead atoms. The first-order valence-electron chi connectivity index (χ1n) is 4.05. The molecule has 0 aromatic heterocycles. The molecule has 0 amide bonds. The van der Waals surface area contributed by atoms with Gasteiger partial charge in [-0.15, -0.1) is 13.2 Å². The maximum atomic E-state index is 3.48. The third kappa shape index (κ3) is 25.9. The van der Waals surface area contributed by atoms with Crippen molar-refractivity contribution in [1.29, 1.82) is 0 Å². The molecule has 0 heterocycles. The Hall–Kier alpha value is -0.520. The van der Waals surface area contributed by atoms with Crippen molar-refractivity contribution in [1.82, 2.24) is 0 Å². The van der Waals surface area contributed by atoms with Crippen molar-refractivity contribution in [2.24, 2.45) is 0 Å². The summed E-state index contributed by atoms with van der Waals surface area (Å²) < 4.78 is 0. The van der Waals surface area contributed by atoms with Gasteiger partial charge in [-0.2, -0.15) is 0 Å². The first-order chi connectivity index (χ1) is 4.83. The van der Waals surface area contributed by atoms with Crippen LogP contribution in [0.2, 0.25) is 0 Å². The number of allylic oxidation sites excluding steroid dienone is 2. The fraction of sp³-hybridized carbons (Fsp3) is 0.600. The van der Waals surface area contributed by atoms with Gasteiger partial charge in [-0.1, -0.05) is 45.3 Å². The second kappa shape index (κ2) is 15.8. The maximum absolute atomic E-state index is 3.48. The summed E-state index contributed by atoms with van der Waals surface area (Å²) in [6.45, 7) is 11.4. The quantitative estimate of drug-likeness (QED) is 0.519. The van der Waals surface area contributed by atoms with E-state index in [2.05, 4.69) is 27.0 Å². The van der Waals surface area contributed by atoms with E-state index in [-0.39, 0.29) is 0 Å². The van der Waals surface area contributed by atoms with Gasteiger partial charge in [0.05, 0.1) is 0 Å². The Labute approximate surface area is 65.7 Å². The van der Waals surface area contributed by atoms with E-state index in [4.69, 9.17) is 0 Å². The summed E-state index contributed by atoms with van der Waals surface area (Å²) in [5.74, 6) is 0. The highest BCUT2D eigenvalue weighted by atomic mass is 13.7. The van der Waals surface area contributed by atoms with Crippen molar-refractivity contribution < 1.29 is 0 Å². The molecule has 0 rings (SSSR count). The average Bonchev–Trinajstić information content (AvgIpc) is 1.93. The van der Waals surface area contributed by atoms with Gasteiger partial charge in [0.1, 0.15) is 0 Å². The zero-order valence-electron chi connectivity index (χ0n) is 7.40. The van der Waals surface area contributed by atoms with E-state index in [1.807, 2.05) is 12.2 Å². The van der Waals surface area contributed by atoms with Crippen LogP contribution >= 0.6 is 0 Å². The van der Waals surface area contributed by atoms with E-state index in [1.165, 1.54) is 19.3 Å². The van der Waals surface area contributed by atoms with Crippen LogP contribution in [0, 0.1) is 0 Å². The molecule has 0 aromatic carbocycles. The SMILES string of the molecule is C=CCC=C.CCCCC. The Balaban J connectivity index is 0. The molecule has 0 radical (unpaired) electrons. The lowest BCUT2D eigenvalue weighted by atomic mass is 10.3. The lowest BCUT2D eigenvalue weighted by Gasteiger charge is -1.79. The lowest BCUT2D eigenvalue weighted by Crippen LogP contribution is -1.59. The van der Waals surface area contributed by atoms with Gasteiger partial charge in [0, 0.05) is 0 Å². The highest BCUT2D eigenvalue weighted by Crippen LogP contribution is 1.88. The third-order valence-electron chi connectivity index (χ3n) is 1.04. The van der Waals surface area contributed by atoms with Crippen LogP contribution in [-0.4, -0.2) is 0 Å². The summed E-state index contributed by atoms with van der Waals surface area (Å²) >= 11 is 0. The van der Waals surface area contributed by atoms with Crippen molar-refractivity contribution in [3.63, 3.8) is 0 Å². The van der Waals surface area contributed by atoms with Crippen molar-refractivity contribution in [3.05, 3.63) is 25.3 Å². The van der Waals surface area contributed by atoms with Crippen LogP contribution in [0.25, 0.3) is 0 Å². The van der Waals surface area contributed by atoms with Gasteiger partial charge in [0.25, 0.3) is 0 Å². The molecule has 0 saturated carbocycles. The molecule has 0 aliphatic heterocycles. The predicted molar refractivity (Wildman–Crippen MR) is 50.2 cm³/mol. The molecule has 0 spiro atoms. The van der Waals surface area contributed by atoms with Gasteiger partial charge < -0.3 is 0 Å². The van der Waals surface area contributed by atoms with Crippen molar-refractivity contribution in [2.45, 2.75) is 39.5 Å². The standard InChI is InChI=1S/C5H12.C5H8/c2*1-3-5-4-2/h3-5H2,1-2H3;3-4H,1-2,5H2. The van der Waals surface area contributed by atoms with E-state index in [0.29, 0.717) is 0 Å². The third-order valence-corrected chi connectivity index (χ3v) is 1.04. The van der Waals surface area contributed by atoms with E-state index >= 15 is 0 Å². The highest BCUT2D eigenvalue weighted by Gasteiger charge is 1.68. The Bertz CT molecular complexity index is 54.4. The molecule has 0 aromatic rings. The molecule has 0 aliphatic carbocycles. The fourth-order valence-electron chi connectivity index (χ4n) is 0.471. The summed E-state index contributed by atoms with van der Waals surface area (Å²) in [7, 11) is 0. The van der Waals surface area contributed by atoms with Gasteiger partial charge in [0.15, 0.2) is 0 Å². The number of unbranched alkanes of at least 4 members (excludes halogenated alkanes) is 2. The summed E-state index contributed by atoms with van der Waals surface area (Å²) in [5.41, 5.74) is 0. The van der Waals surface area contributed by atoms with Crippen LogP contribution in [0.1, 0.15) is 39.5 Å². The molecule has 60 valence electrons. The predicted octanol–water partition coefficient (Wildman–Crippen LogP) is 3.95. The first kappa shape index (κ1) is 12.2. The van der Waals surface area contributed by atoms with Crippen LogP contribution in [0.3, 0.4) is 0 Å². The highest BCUT2D eigenvalue weighted by molar-refractivity contribution is 4.79. The molecule has 0 unspecified atom stereocenters. The zero-order chi connectivity index (χ0) is 8.24. The van der Waals surface area contributed by atoms with Gasteiger partial charge in [-0.05, 0) is 6.42 Å². The molecule has 0 nitrogen and oxygen atoms in total. The van der Waals surface area contributed by atoms with E-state index in [9.17, 15) is 0 Å². The van der Waals surface area contributed by atoms with E-state index < -0.39 is 0 Å². The molecular weight excluding hydrogens is 120 g/mol. The number of hydrogen-bond donors (Lipinski definition) is 0. The van der Waals surface area contributed by atoms with Gasteiger partial charge in [-0.3, -0.25) is 0 Å². The van der Waals surface area contributed by atoms with Crippen molar-refractivity contribution >= 4 is 0 Å². The normalized spacial score (nSPS) is 7.40. The Morgan fingerprint density at radius 3 is 1.40 bits per heavy atom. The summed E-state index contributed by atoms with van der Waals surface area (Å²) in [6, 6.07) is 0. The second-order valence-electron chi connectivity index (χ2n) is 2.17. The smallest absolute Gasteiger partial charge is 0.0175 e. The summed E-state index contributed by atoms with van der Waals surface area (Å²) in [5, 5.41) is 0. The molecule has 0 saturated heterocycles. The van der Waals surface area contributed by atoms with Crippen molar-refractivity contribution in [3.8, 4) is 0 Å². The first-order valence-corrected chi connectivity index (χ1v) is 4.05. The number of rotatable bonds is 4. The average molecular weight is 140 g/mol. The van der Waals surface area contributed by atoms with Crippen LogP contribution in [-0.2, 0) is 0 Å². The van der Waals surface area contributed by atoms with Gasteiger partial charge in [-0.25, -0.2) is 0 Å². The maximum Gasteiger partial charge on any atom is -0.0175 e. The zero-order valence-corrected chi connectivity index (χ0v) is 7.40.